The number of thiophene rings is 1. The predicted molar refractivity (Wildman–Crippen MR) is 53.5 cm³/mol. The van der Waals surface area contributed by atoms with E-state index in [0.29, 0.717) is 5.92 Å². The molecule has 0 aromatic carbocycles. The van der Waals surface area contributed by atoms with E-state index in [1.165, 1.54) is 4.88 Å². The molecule has 0 aliphatic rings. The van der Waals surface area contributed by atoms with Gasteiger partial charge in [-0.15, -0.1) is 11.3 Å². The van der Waals surface area contributed by atoms with E-state index in [2.05, 4.69) is 26.8 Å². The molecular weight excluding hydrogens is 168 g/mol. The van der Waals surface area contributed by atoms with Crippen molar-refractivity contribution in [2.75, 3.05) is 0 Å². The highest BCUT2D eigenvalue weighted by Crippen LogP contribution is 2.24. The molecule has 1 rings (SSSR count). The van der Waals surface area contributed by atoms with Gasteiger partial charge in [0.25, 0.3) is 0 Å². The molecule has 0 amide bonds. The second kappa shape index (κ2) is 4.06. The normalized spacial score (nSPS) is 13.8. The first-order valence-electron chi connectivity index (χ1n) is 4.32. The maximum absolute atomic E-state index is 9.71. The summed E-state index contributed by atoms with van der Waals surface area (Å²) in [7, 11) is 0. The van der Waals surface area contributed by atoms with Gasteiger partial charge in [-0.25, -0.2) is 0 Å². The average Bonchev–Trinajstić information content (AvgIpc) is 2.34. The number of hydrogen-bond donors (Lipinski definition) is 1. The molecule has 68 valence electrons. The van der Waals surface area contributed by atoms with Gasteiger partial charge in [-0.2, -0.15) is 0 Å². The zero-order chi connectivity index (χ0) is 9.14. The maximum atomic E-state index is 9.71. The van der Waals surface area contributed by atoms with Crippen molar-refractivity contribution in [1.82, 2.24) is 0 Å². The summed E-state index contributed by atoms with van der Waals surface area (Å²) < 4.78 is 0. The minimum Gasteiger partial charge on any atom is -0.388 e. The number of hydrogen-bond acceptors (Lipinski definition) is 2. The Bertz CT molecular complexity index is 240. The quantitative estimate of drug-likeness (QED) is 0.765. The zero-order valence-electron chi connectivity index (χ0n) is 7.87. The molecule has 1 heterocycles. The summed E-state index contributed by atoms with van der Waals surface area (Å²) in [5.41, 5.74) is 1.08. The third-order valence-corrected chi connectivity index (χ3v) is 2.71. The van der Waals surface area contributed by atoms with Gasteiger partial charge in [0.05, 0.1) is 6.10 Å². The molecule has 1 atom stereocenters. The SMILES string of the molecule is Cc1cc(C(O)CC(C)C)cs1. The molecule has 1 aromatic heterocycles. The van der Waals surface area contributed by atoms with Crippen molar-refractivity contribution in [2.45, 2.75) is 33.3 Å². The van der Waals surface area contributed by atoms with Gasteiger partial charge in [0.1, 0.15) is 0 Å². The Morgan fingerprint density at radius 2 is 2.17 bits per heavy atom. The first kappa shape index (κ1) is 9.75. The van der Waals surface area contributed by atoms with Crippen molar-refractivity contribution in [2.24, 2.45) is 5.92 Å². The summed E-state index contributed by atoms with van der Waals surface area (Å²) in [4.78, 5) is 1.27. The second-order valence-corrected chi connectivity index (χ2v) is 4.75. The van der Waals surface area contributed by atoms with E-state index < -0.39 is 0 Å². The highest BCUT2D eigenvalue weighted by Gasteiger charge is 2.10. The van der Waals surface area contributed by atoms with Gasteiger partial charge in [0.2, 0.25) is 0 Å². The van der Waals surface area contributed by atoms with Gasteiger partial charge in [-0.3, -0.25) is 0 Å². The number of aliphatic hydroxyl groups is 1. The Kier molecular flexibility index (Phi) is 3.29. The van der Waals surface area contributed by atoms with Crippen LogP contribution in [0.25, 0.3) is 0 Å². The monoisotopic (exact) mass is 184 g/mol. The molecule has 0 aliphatic heterocycles. The highest BCUT2D eigenvalue weighted by molar-refractivity contribution is 7.10. The summed E-state index contributed by atoms with van der Waals surface area (Å²) in [5.74, 6) is 0.556. The predicted octanol–water partition coefficient (Wildman–Crippen LogP) is 3.14. The average molecular weight is 184 g/mol. The van der Waals surface area contributed by atoms with Crippen LogP contribution >= 0.6 is 11.3 Å². The lowest BCUT2D eigenvalue weighted by Gasteiger charge is -2.10. The van der Waals surface area contributed by atoms with E-state index in [1.807, 2.05) is 5.38 Å². The molecule has 0 saturated carbocycles. The molecule has 0 saturated heterocycles. The minimum atomic E-state index is -0.269. The second-order valence-electron chi connectivity index (χ2n) is 3.64. The van der Waals surface area contributed by atoms with E-state index >= 15 is 0 Å². The Morgan fingerprint density at radius 3 is 2.58 bits per heavy atom. The van der Waals surface area contributed by atoms with Gasteiger partial charge in [-0.05, 0) is 36.3 Å². The molecule has 0 bridgehead atoms. The van der Waals surface area contributed by atoms with Gasteiger partial charge < -0.3 is 5.11 Å². The number of aliphatic hydroxyl groups excluding tert-OH is 1. The Balaban J connectivity index is 2.58. The van der Waals surface area contributed by atoms with Crippen molar-refractivity contribution in [3.8, 4) is 0 Å². The lowest BCUT2D eigenvalue weighted by atomic mass is 10.0. The van der Waals surface area contributed by atoms with Crippen molar-refractivity contribution < 1.29 is 5.11 Å². The van der Waals surface area contributed by atoms with E-state index in [4.69, 9.17) is 0 Å². The van der Waals surface area contributed by atoms with E-state index in [-0.39, 0.29) is 6.10 Å². The first-order chi connectivity index (χ1) is 5.59. The molecular formula is C10H16OS. The standard InChI is InChI=1S/C10H16OS/c1-7(2)4-10(11)9-5-8(3)12-6-9/h5-7,10-11H,4H2,1-3H3. The first-order valence-corrected chi connectivity index (χ1v) is 5.20. The Labute approximate surface area is 78.1 Å². The highest BCUT2D eigenvalue weighted by atomic mass is 32.1. The third-order valence-electron chi connectivity index (χ3n) is 1.83. The Hall–Kier alpha value is -0.340. The van der Waals surface area contributed by atoms with Crippen LogP contribution in [0.4, 0.5) is 0 Å². The minimum absolute atomic E-state index is 0.269. The molecule has 1 N–H and O–H groups in total. The third kappa shape index (κ3) is 2.61. The van der Waals surface area contributed by atoms with Crippen LogP contribution in [0.1, 0.15) is 36.8 Å². The van der Waals surface area contributed by atoms with Crippen molar-refractivity contribution in [3.05, 3.63) is 21.9 Å². The van der Waals surface area contributed by atoms with Crippen LogP contribution in [0.15, 0.2) is 11.4 Å². The smallest absolute Gasteiger partial charge is 0.0800 e. The van der Waals surface area contributed by atoms with Crippen LogP contribution in [0.2, 0.25) is 0 Å². The number of rotatable bonds is 3. The molecule has 1 aromatic rings. The molecule has 0 radical (unpaired) electrons. The summed E-state index contributed by atoms with van der Waals surface area (Å²) in [5, 5.41) is 11.8. The van der Waals surface area contributed by atoms with Crippen LogP contribution in [-0.2, 0) is 0 Å². The largest absolute Gasteiger partial charge is 0.388 e. The summed E-state index contributed by atoms with van der Waals surface area (Å²) in [6.07, 6.45) is 0.589. The van der Waals surface area contributed by atoms with Crippen molar-refractivity contribution in [3.63, 3.8) is 0 Å². The van der Waals surface area contributed by atoms with Crippen LogP contribution in [0.3, 0.4) is 0 Å². The zero-order valence-corrected chi connectivity index (χ0v) is 8.69. The van der Waals surface area contributed by atoms with Gasteiger partial charge >= 0.3 is 0 Å². The molecule has 0 spiro atoms. The molecule has 1 nitrogen and oxygen atoms in total. The lowest BCUT2D eigenvalue weighted by molar-refractivity contribution is 0.151. The van der Waals surface area contributed by atoms with E-state index in [9.17, 15) is 5.11 Å². The van der Waals surface area contributed by atoms with Crippen LogP contribution < -0.4 is 0 Å². The molecule has 0 aliphatic carbocycles. The fraction of sp³-hybridized carbons (Fsp3) is 0.600. The fourth-order valence-corrected chi connectivity index (χ4v) is 1.97. The van der Waals surface area contributed by atoms with E-state index in [0.717, 1.165) is 12.0 Å². The van der Waals surface area contributed by atoms with Crippen LogP contribution in [-0.4, -0.2) is 5.11 Å². The van der Waals surface area contributed by atoms with Gasteiger partial charge in [-0.1, -0.05) is 13.8 Å². The number of aryl methyl sites for hydroxylation is 1. The van der Waals surface area contributed by atoms with Crippen molar-refractivity contribution in [1.29, 1.82) is 0 Å². The molecule has 12 heavy (non-hydrogen) atoms. The summed E-state index contributed by atoms with van der Waals surface area (Å²) >= 11 is 1.70. The lowest BCUT2D eigenvalue weighted by Crippen LogP contribution is -2.00. The Morgan fingerprint density at radius 1 is 1.50 bits per heavy atom. The topological polar surface area (TPSA) is 20.2 Å². The molecule has 0 fully saturated rings. The van der Waals surface area contributed by atoms with Crippen LogP contribution in [0, 0.1) is 12.8 Å². The molecule has 1 unspecified atom stereocenters. The van der Waals surface area contributed by atoms with Gasteiger partial charge in [0, 0.05) is 4.88 Å². The summed E-state index contributed by atoms with van der Waals surface area (Å²) in [6, 6.07) is 2.07. The van der Waals surface area contributed by atoms with Crippen molar-refractivity contribution >= 4 is 11.3 Å². The van der Waals surface area contributed by atoms with Crippen LogP contribution in [0.5, 0.6) is 0 Å². The fourth-order valence-electron chi connectivity index (χ4n) is 1.22. The van der Waals surface area contributed by atoms with E-state index in [1.54, 1.807) is 11.3 Å². The van der Waals surface area contributed by atoms with Gasteiger partial charge in [0.15, 0.2) is 0 Å². The summed E-state index contributed by atoms with van der Waals surface area (Å²) in [6.45, 7) is 6.32. The molecule has 2 heteroatoms. The maximum Gasteiger partial charge on any atom is 0.0800 e.